The minimum absolute atomic E-state index is 0.00891. The molecule has 0 fully saturated rings. The molecule has 29 heavy (non-hydrogen) atoms. The molecule has 158 valence electrons. The number of nitrogens with zero attached hydrogens (tertiary/aromatic N) is 1. The fraction of sp³-hybridized carbons (Fsp3) is 0.409. The molecule has 6 nitrogen and oxygen atoms in total. The van der Waals surface area contributed by atoms with Gasteiger partial charge in [0, 0.05) is 11.8 Å². The summed E-state index contributed by atoms with van der Waals surface area (Å²) in [6.07, 6.45) is 1.46. The average Bonchev–Trinajstić information content (AvgIpc) is 2.57. The van der Waals surface area contributed by atoms with E-state index in [1.807, 2.05) is 39.8 Å². The van der Waals surface area contributed by atoms with Crippen molar-refractivity contribution < 1.29 is 17.9 Å². The molecule has 1 amide bonds. The van der Waals surface area contributed by atoms with Gasteiger partial charge in [-0.05, 0) is 69.5 Å². The predicted molar refractivity (Wildman–Crippen MR) is 118 cm³/mol. The Bertz CT molecular complexity index is 950. The molecule has 0 heterocycles. The van der Waals surface area contributed by atoms with Gasteiger partial charge >= 0.3 is 0 Å². The molecule has 0 aromatic heterocycles. The van der Waals surface area contributed by atoms with Gasteiger partial charge < -0.3 is 10.1 Å². The molecule has 0 aliphatic heterocycles. The summed E-state index contributed by atoms with van der Waals surface area (Å²) in [5.41, 5.74) is 2.91. The Balaban J connectivity index is 2.36. The second kappa shape index (κ2) is 9.31. The van der Waals surface area contributed by atoms with Gasteiger partial charge in [0.1, 0.15) is 11.8 Å². The van der Waals surface area contributed by atoms with Crippen molar-refractivity contribution in [2.24, 2.45) is 0 Å². The molecular formula is C22H30N2O4S. The van der Waals surface area contributed by atoms with Crippen LogP contribution in [-0.2, 0) is 14.8 Å². The highest BCUT2D eigenvalue weighted by atomic mass is 32.2. The topological polar surface area (TPSA) is 75.7 Å². The highest BCUT2D eigenvalue weighted by molar-refractivity contribution is 7.92. The normalized spacial score (nSPS) is 12.5. The maximum atomic E-state index is 13.1. The molecule has 0 aliphatic carbocycles. The molecule has 0 saturated heterocycles. The number of benzene rings is 2. The van der Waals surface area contributed by atoms with Gasteiger partial charge in [-0.1, -0.05) is 19.1 Å². The van der Waals surface area contributed by atoms with E-state index >= 15 is 0 Å². The largest absolute Gasteiger partial charge is 0.491 e. The van der Waals surface area contributed by atoms with Gasteiger partial charge in [-0.3, -0.25) is 9.10 Å². The number of hydrogen-bond donors (Lipinski definition) is 1. The van der Waals surface area contributed by atoms with Crippen LogP contribution in [-0.4, -0.2) is 32.7 Å². The van der Waals surface area contributed by atoms with E-state index in [1.165, 1.54) is 4.31 Å². The Hall–Kier alpha value is -2.54. The van der Waals surface area contributed by atoms with Crippen LogP contribution in [0.25, 0.3) is 0 Å². The quantitative estimate of drug-likeness (QED) is 0.694. The van der Waals surface area contributed by atoms with E-state index in [0.717, 1.165) is 17.4 Å². The number of carbonyl (C=O) groups excluding carboxylic acids is 1. The van der Waals surface area contributed by atoms with Gasteiger partial charge in [-0.2, -0.15) is 0 Å². The van der Waals surface area contributed by atoms with E-state index in [0.29, 0.717) is 23.5 Å². The van der Waals surface area contributed by atoms with Gasteiger partial charge in [0.05, 0.1) is 18.0 Å². The zero-order valence-electron chi connectivity index (χ0n) is 17.9. The number of hydrogen-bond acceptors (Lipinski definition) is 4. The summed E-state index contributed by atoms with van der Waals surface area (Å²) >= 11 is 0. The molecule has 0 aliphatic rings. The molecule has 0 saturated carbocycles. The third-order valence-corrected chi connectivity index (χ3v) is 5.44. The van der Waals surface area contributed by atoms with Crippen LogP contribution in [0.5, 0.6) is 5.75 Å². The van der Waals surface area contributed by atoms with Crippen LogP contribution in [0.4, 0.5) is 11.4 Å². The first kappa shape index (κ1) is 22.7. The standard InChI is InChI=1S/C22H30N2O4S/c1-7-21(22(25)23-18-9-8-10-20(14-18)28-15(2)3)24(29(6,26)27)19-12-16(4)11-17(5)13-19/h8-15,21H,7H2,1-6H3,(H,23,25). The molecule has 7 heteroatoms. The number of nitrogens with one attached hydrogen (secondary N) is 1. The lowest BCUT2D eigenvalue weighted by atomic mass is 10.1. The van der Waals surface area contributed by atoms with Crippen molar-refractivity contribution >= 4 is 27.3 Å². The molecule has 2 aromatic carbocycles. The Kier molecular flexibility index (Phi) is 7.30. The molecule has 1 atom stereocenters. The molecule has 2 aromatic rings. The molecule has 1 unspecified atom stereocenters. The van der Waals surface area contributed by atoms with E-state index in [1.54, 1.807) is 37.3 Å². The number of carbonyl (C=O) groups is 1. The SMILES string of the molecule is CCC(C(=O)Nc1cccc(OC(C)C)c1)N(c1cc(C)cc(C)c1)S(C)(=O)=O. The summed E-state index contributed by atoms with van der Waals surface area (Å²) in [7, 11) is -3.68. The van der Waals surface area contributed by atoms with E-state index in [4.69, 9.17) is 4.74 Å². The summed E-state index contributed by atoms with van der Waals surface area (Å²) in [5, 5.41) is 2.83. The second-order valence-corrected chi connectivity index (χ2v) is 9.37. The summed E-state index contributed by atoms with van der Waals surface area (Å²) in [4.78, 5) is 13.1. The minimum atomic E-state index is -3.68. The van der Waals surface area contributed by atoms with Gasteiger partial charge in [0.15, 0.2) is 0 Å². The van der Waals surface area contributed by atoms with Crippen molar-refractivity contribution in [1.29, 1.82) is 0 Å². The van der Waals surface area contributed by atoms with Crippen LogP contribution >= 0.6 is 0 Å². The predicted octanol–water partition coefficient (Wildman–Crippen LogP) is 4.27. The lowest BCUT2D eigenvalue weighted by molar-refractivity contribution is -0.117. The van der Waals surface area contributed by atoms with E-state index in [-0.39, 0.29) is 6.10 Å². The molecule has 0 radical (unpaired) electrons. The molecule has 1 N–H and O–H groups in total. The monoisotopic (exact) mass is 418 g/mol. The fourth-order valence-corrected chi connectivity index (χ4v) is 4.48. The number of sulfonamides is 1. The van der Waals surface area contributed by atoms with Crippen molar-refractivity contribution in [3.63, 3.8) is 0 Å². The highest BCUT2D eigenvalue weighted by Crippen LogP contribution is 2.26. The molecular weight excluding hydrogens is 388 g/mol. The number of aryl methyl sites for hydroxylation is 2. The average molecular weight is 419 g/mol. The number of anilines is 2. The van der Waals surface area contributed by atoms with Crippen molar-refractivity contribution in [1.82, 2.24) is 0 Å². The van der Waals surface area contributed by atoms with Crippen LogP contribution in [0.3, 0.4) is 0 Å². The molecule has 0 spiro atoms. The van der Waals surface area contributed by atoms with Crippen molar-refractivity contribution in [3.8, 4) is 5.75 Å². The molecule has 2 rings (SSSR count). The van der Waals surface area contributed by atoms with E-state index < -0.39 is 22.0 Å². The third-order valence-electron chi connectivity index (χ3n) is 4.26. The minimum Gasteiger partial charge on any atom is -0.491 e. The second-order valence-electron chi connectivity index (χ2n) is 7.51. The number of rotatable bonds is 8. The van der Waals surface area contributed by atoms with Gasteiger partial charge in [0.25, 0.3) is 0 Å². The summed E-state index contributed by atoms with van der Waals surface area (Å²) in [5.74, 6) is 0.249. The first-order chi connectivity index (χ1) is 13.5. The van der Waals surface area contributed by atoms with Gasteiger partial charge in [0.2, 0.25) is 15.9 Å². The Morgan fingerprint density at radius 2 is 1.72 bits per heavy atom. The lowest BCUT2D eigenvalue weighted by Crippen LogP contribution is -2.47. The zero-order valence-corrected chi connectivity index (χ0v) is 18.7. The summed E-state index contributed by atoms with van der Waals surface area (Å²) in [6, 6.07) is 11.7. The highest BCUT2D eigenvalue weighted by Gasteiger charge is 2.31. The first-order valence-corrected chi connectivity index (χ1v) is 11.5. The van der Waals surface area contributed by atoms with Crippen molar-refractivity contribution in [3.05, 3.63) is 53.6 Å². The van der Waals surface area contributed by atoms with Crippen LogP contribution in [0.1, 0.15) is 38.3 Å². The van der Waals surface area contributed by atoms with Crippen LogP contribution in [0, 0.1) is 13.8 Å². The van der Waals surface area contributed by atoms with E-state index in [9.17, 15) is 13.2 Å². The Morgan fingerprint density at radius 1 is 1.10 bits per heavy atom. The van der Waals surface area contributed by atoms with Crippen LogP contribution < -0.4 is 14.4 Å². The first-order valence-electron chi connectivity index (χ1n) is 9.66. The third kappa shape index (κ3) is 6.22. The van der Waals surface area contributed by atoms with Crippen LogP contribution in [0.2, 0.25) is 0 Å². The zero-order chi connectivity index (χ0) is 21.8. The smallest absolute Gasteiger partial charge is 0.248 e. The van der Waals surface area contributed by atoms with Crippen LogP contribution in [0.15, 0.2) is 42.5 Å². The van der Waals surface area contributed by atoms with E-state index in [2.05, 4.69) is 5.32 Å². The number of amides is 1. The van der Waals surface area contributed by atoms with Gasteiger partial charge in [-0.25, -0.2) is 8.42 Å². The Morgan fingerprint density at radius 3 is 2.24 bits per heavy atom. The van der Waals surface area contributed by atoms with Crippen molar-refractivity contribution in [2.45, 2.75) is 53.2 Å². The lowest BCUT2D eigenvalue weighted by Gasteiger charge is -2.30. The summed E-state index contributed by atoms with van der Waals surface area (Å²) < 4.78 is 32.1. The summed E-state index contributed by atoms with van der Waals surface area (Å²) in [6.45, 7) is 9.44. The maximum absolute atomic E-state index is 13.1. The maximum Gasteiger partial charge on any atom is 0.248 e. The van der Waals surface area contributed by atoms with Gasteiger partial charge in [-0.15, -0.1) is 0 Å². The fourth-order valence-electron chi connectivity index (χ4n) is 3.28. The Labute approximate surface area is 173 Å². The molecule has 0 bridgehead atoms. The number of ether oxygens (including phenoxy) is 1. The van der Waals surface area contributed by atoms with Crippen molar-refractivity contribution in [2.75, 3.05) is 15.9 Å².